The Morgan fingerprint density at radius 1 is 1.21 bits per heavy atom. The summed E-state index contributed by atoms with van der Waals surface area (Å²) in [7, 11) is 0. The molecule has 2 amide bonds. The van der Waals surface area contributed by atoms with Crippen molar-refractivity contribution >= 4 is 40.2 Å². The number of anilines is 1. The number of benzene rings is 1. The second-order valence-corrected chi connectivity index (χ2v) is 7.00. The lowest BCUT2D eigenvalue weighted by molar-refractivity contribution is -0.136. The van der Waals surface area contributed by atoms with Crippen LogP contribution in [0.5, 0.6) is 0 Å². The number of carbonyl (C=O) groups is 2. The van der Waals surface area contributed by atoms with Crippen molar-refractivity contribution in [2.45, 2.75) is 25.3 Å². The van der Waals surface area contributed by atoms with Gasteiger partial charge in [0.1, 0.15) is 11.9 Å². The highest BCUT2D eigenvalue weighted by Gasteiger charge is 2.34. The molecule has 0 radical (unpaired) electrons. The molecule has 0 unspecified atom stereocenters. The minimum absolute atomic E-state index is 0.00517. The van der Waals surface area contributed by atoms with Crippen LogP contribution in [-0.2, 0) is 16.0 Å². The number of nitrogens with zero attached hydrogens (tertiary/aromatic N) is 2. The molecule has 1 N–H and O–H groups in total. The molecule has 1 atom stereocenters. The van der Waals surface area contributed by atoms with Gasteiger partial charge in [-0.05, 0) is 53.1 Å². The van der Waals surface area contributed by atoms with Crippen molar-refractivity contribution in [2.24, 2.45) is 0 Å². The van der Waals surface area contributed by atoms with Crippen LogP contribution in [0.1, 0.15) is 18.4 Å². The number of aromatic nitrogens is 1. The SMILES string of the molecule is O=C(Nc1ccc(I)cn1)[C@@H]1CCCN1C(=O)Cc1ccccc1. The lowest BCUT2D eigenvalue weighted by Gasteiger charge is -2.24. The number of rotatable bonds is 4. The molecule has 24 heavy (non-hydrogen) atoms. The molecule has 0 aliphatic carbocycles. The van der Waals surface area contributed by atoms with Crippen LogP contribution in [0.15, 0.2) is 48.7 Å². The van der Waals surface area contributed by atoms with E-state index >= 15 is 0 Å². The summed E-state index contributed by atoms with van der Waals surface area (Å²) in [5.74, 6) is 0.347. The van der Waals surface area contributed by atoms with Gasteiger partial charge >= 0.3 is 0 Å². The van der Waals surface area contributed by atoms with Crippen LogP contribution in [0.3, 0.4) is 0 Å². The van der Waals surface area contributed by atoms with Crippen molar-refractivity contribution in [3.8, 4) is 0 Å². The second kappa shape index (κ2) is 7.74. The van der Waals surface area contributed by atoms with Crippen molar-refractivity contribution in [2.75, 3.05) is 11.9 Å². The maximum atomic E-state index is 12.6. The van der Waals surface area contributed by atoms with E-state index in [4.69, 9.17) is 0 Å². The molecule has 0 saturated carbocycles. The quantitative estimate of drug-likeness (QED) is 0.752. The fourth-order valence-corrected chi connectivity index (χ4v) is 3.19. The Labute approximate surface area is 154 Å². The first-order chi connectivity index (χ1) is 11.6. The van der Waals surface area contributed by atoms with Crippen LogP contribution < -0.4 is 5.32 Å². The van der Waals surface area contributed by atoms with Crippen LogP contribution >= 0.6 is 22.6 Å². The van der Waals surface area contributed by atoms with Gasteiger partial charge in [-0.3, -0.25) is 9.59 Å². The fraction of sp³-hybridized carbons (Fsp3) is 0.278. The van der Waals surface area contributed by atoms with Crippen LogP contribution in [0.25, 0.3) is 0 Å². The van der Waals surface area contributed by atoms with Gasteiger partial charge < -0.3 is 10.2 Å². The Kier molecular flexibility index (Phi) is 5.44. The van der Waals surface area contributed by atoms with Gasteiger partial charge in [0.25, 0.3) is 0 Å². The molecule has 0 spiro atoms. The molecular weight excluding hydrogens is 417 g/mol. The largest absolute Gasteiger partial charge is 0.330 e. The Hall–Kier alpha value is -1.96. The van der Waals surface area contributed by atoms with Crippen LogP contribution in [0.2, 0.25) is 0 Å². The minimum atomic E-state index is -0.415. The predicted octanol–water partition coefficient (Wildman–Crippen LogP) is 2.86. The van der Waals surface area contributed by atoms with Crippen molar-refractivity contribution in [3.63, 3.8) is 0 Å². The third kappa shape index (κ3) is 4.11. The standard InChI is InChI=1S/C18H18IN3O2/c19-14-8-9-16(20-12-14)21-18(24)15-7-4-10-22(15)17(23)11-13-5-2-1-3-6-13/h1-3,5-6,8-9,12,15H,4,7,10-11H2,(H,20,21,24)/t15-/m0/s1. The predicted molar refractivity (Wildman–Crippen MR) is 100 cm³/mol. The summed E-state index contributed by atoms with van der Waals surface area (Å²) in [4.78, 5) is 30.9. The van der Waals surface area contributed by atoms with Crippen LogP contribution in [0.4, 0.5) is 5.82 Å². The number of amides is 2. The lowest BCUT2D eigenvalue weighted by Crippen LogP contribution is -2.43. The van der Waals surface area contributed by atoms with Gasteiger partial charge in [0, 0.05) is 16.3 Å². The van der Waals surface area contributed by atoms with E-state index in [1.807, 2.05) is 36.4 Å². The first-order valence-electron chi connectivity index (χ1n) is 7.89. The number of carbonyl (C=O) groups excluding carboxylic acids is 2. The Morgan fingerprint density at radius 3 is 2.71 bits per heavy atom. The highest BCUT2D eigenvalue weighted by molar-refractivity contribution is 14.1. The van der Waals surface area contributed by atoms with E-state index in [0.717, 1.165) is 15.6 Å². The molecule has 2 aromatic rings. The maximum absolute atomic E-state index is 12.6. The summed E-state index contributed by atoms with van der Waals surface area (Å²) >= 11 is 2.16. The zero-order valence-electron chi connectivity index (χ0n) is 13.1. The van der Waals surface area contributed by atoms with Gasteiger partial charge in [-0.25, -0.2) is 4.98 Å². The van der Waals surface area contributed by atoms with E-state index < -0.39 is 6.04 Å². The molecule has 2 heterocycles. The van der Waals surface area contributed by atoms with Crippen LogP contribution in [0, 0.1) is 3.57 Å². The molecule has 1 aliphatic rings. The number of hydrogen-bond acceptors (Lipinski definition) is 3. The van der Waals surface area contributed by atoms with Gasteiger partial charge in [0.2, 0.25) is 11.8 Å². The number of hydrogen-bond donors (Lipinski definition) is 1. The van der Waals surface area contributed by atoms with E-state index in [2.05, 4.69) is 32.9 Å². The lowest BCUT2D eigenvalue weighted by atomic mass is 10.1. The molecule has 0 bridgehead atoms. The van der Waals surface area contributed by atoms with Crippen molar-refractivity contribution in [3.05, 3.63) is 57.8 Å². The van der Waals surface area contributed by atoms with E-state index in [0.29, 0.717) is 25.2 Å². The topological polar surface area (TPSA) is 62.3 Å². The van der Waals surface area contributed by atoms with Crippen molar-refractivity contribution < 1.29 is 9.59 Å². The number of likely N-dealkylation sites (tertiary alicyclic amines) is 1. The third-order valence-corrected chi connectivity index (χ3v) is 4.69. The van der Waals surface area contributed by atoms with E-state index in [9.17, 15) is 9.59 Å². The Balaban J connectivity index is 1.65. The van der Waals surface area contributed by atoms with E-state index in [1.165, 1.54) is 0 Å². The molecule has 1 aromatic carbocycles. The molecule has 1 aliphatic heterocycles. The highest BCUT2D eigenvalue weighted by atomic mass is 127. The number of halogens is 1. The summed E-state index contributed by atoms with van der Waals surface area (Å²) < 4.78 is 1.01. The average Bonchev–Trinajstić information content (AvgIpc) is 3.08. The zero-order valence-corrected chi connectivity index (χ0v) is 15.3. The van der Waals surface area contributed by atoms with Gasteiger partial charge in [-0.1, -0.05) is 30.3 Å². The average molecular weight is 435 g/mol. The molecule has 124 valence electrons. The molecule has 6 heteroatoms. The third-order valence-electron chi connectivity index (χ3n) is 4.05. The first kappa shape index (κ1) is 16.9. The summed E-state index contributed by atoms with van der Waals surface area (Å²) in [6.07, 6.45) is 3.56. The van der Waals surface area contributed by atoms with E-state index in [1.54, 1.807) is 17.2 Å². The second-order valence-electron chi connectivity index (χ2n) is 5.76. The molecule has 1 aromatic heterocycles. The monoisotopic (exact) mass is 435 g/mol. The van der Waals surface area contributed by atoms with Gasteiger partial charge in [-0.2, -0.15) is 0 Å². The highest BCUT2D eigenvalue weighted by Crippen LogP contribution is 2.20. The summed E-state index contributed by atoms with van der Waals surface area (Å²) in [6, 6.07) is 12.9. The maximum Gasteiger partial charge on any atom is 0.248 e. The van der Waals surface area contributed by atoms with Gasteiger partial charge in [-0.15, -0.1) is 0 Å². The molecule has 1 fully saturated rings. The van der Waals surface area contributed by atoms with Gasteiger partial charge in [0.05, 0.1) is 6.42 Å². The molecule has 5 nitrogen and oxygen atoms in total. The van der Waals surface area contributed by atoms with Crippen LogP contribution in [-0.4, -0.2) is 34.3 Å². The zero-order chi connectivity index (χ0) is 16.9. The number of pyridine rings is 1. The Morgan fingerprint density at radius 2 is 2.00 bits per heavy atom. The smallest absolute Gasteiger partial charge is 0.248 e. The summed E-state index contributed by atoms with van der Waals surface area (Å²) in [5.41, 5.74) is 0.966. The molecular formula is C18H18IN3O2. The van der Waals surface area contributed by atoms with Gasteiger partial charge in [0.15, 0.2) is 0 Å². The van der Waals surface area contributed by atoms with Crippen molar-refractivity contribution in [1.29, 1.82) is 0 Å². The summed E-state index contributed by atoms with van der Waals surface area (Å²) in [6.45, 7) is 0.629. The molecule has 1 saturated heterocycles. The fourth-order valence-electron chi connectivity index (χ4n) is 2.87. The Bertz CT molecular complexity index is 719. The normalized spacial score (nSPS) is 16.9. The molecule has 3 rings (SSSR count). The minimum Gasteiger partial charge on any atom is -0.330 e. The van der Waals surface area contributed by atoms with Crippen molar-refractivity contribution in [1.82, 2.24) is 9.88 Å². The first-order valence-corrected chi connectivity index (χ1v) is 8.97. The number of nitrogens with one attached hydrogen (secondary N) is 1. The summed E-state index contributed by atoms with van der Waals surface area (Å²) in [5, 5.41) is 2.81. The van der Waals surface area contributed by atoms with E-state index in [-0.39, 0.29) is 11.8 Å².